The number of ether oxygens (including phenoxy) is 3. The van der Waals surface area contributed by atoms with Crippen LogP contribution >= 0.6 is 11.3 Å². The highest BCUT2D eigenvalue weighted by molar-refractivity contribution is 7.20. The van der Waals surface area contributed by atoms with Gasteiger partial charge in [-0.15, -0.1) is 11.3 Å². The molecule has 0 unspecified atom stereocenters. The van der Waals surface area contributed by atoms with Crippen LogP contribution in [0.5, 0.6) is 11.5 Å². The van der Waals surface area contributed by atoms with Gasteiger partial charge in [-0.05, 0) is 24.6 Å². The molecule has 0 aliphatic carbocycles. The number of carbonyl (C=O) groups excluding carboxylic acids is 1. The standard InChI is InChI=1S/C17H17N3O4S/c1-9-13-15(18-8-19-16(13)25-14(9)17(21)24-4)20-11-6-5-10(22-2)7-12(11)23-3/h5-8H,1-4H3,(H,18,19,20). The molecule has 0 fully saturated rings. The van der Waals surface area contributed by atoms with Gasteiger partial charge in [0.05, 0.1) is 32.4 Å². The summed E-state index contributed by atoms with van der Waals surface area (Å²) in [6.45, 7) is 1.85. The highest BCUT2D eigenvalue weighted by atomic mass is 32.1. The fraction of sp³-hybridized carbons (Fsp3) is 0.235. The molecule has 0 saturated carbocycles. The van der Waals surface area contributed by atoms with Crippen LogP contribution in [0.3, 0.4) is 0 Å². The average molecular weight is 359 g/mol. The molecule has 8 heteroatoms. The van der Waals surface area contributed by atoms with E-state index in [9.17, 15) is 4.79 Å². The number of aromatic nitrogens is 2. The molecule has 0 bridgehead atoms. The highest BCUT2D eigenvalue weighted by Crippen LogP contribution is 2.37. The number of hydrogen-bond acceptors (Lipinski definition) is 8. The fourth-order valence-electron chi connectivity index (χ4n) is 2.48. The van der Waals surface area contributed by atoms with Crippen molar-refractivity contribution in [2.45, 2.75) is 6.92 Å². The number of hydrogen-bond donors (Lipinski definition) is 1. The number of carbonyl (C=O) groups is 1. The van der Waals surface area contributed by atoms with E-state index in [0.29, 0.717) is 27.0 Å². The summed E-state index contributed by atoms with van der Waals surface area (Å²) in [5.41, 5.74) is 1.51. The molecule has 7 nitrogen and oxygen atoms in total. The third-order valence-electron chi connectivity index (χ3n) is 3.76. The molecule has 0 aliphatic heterocycles. The van der Waals surface area contributed by atoms with Gasteiger partial charge in [0.25, 0.3) is 0 Å². The summed E-state index contributed by atoms with van der Waals surface area (Å²) in [5.74, 6) is 1.52. The second kappa shape index (κ2) is 6.94. The number of aryl methyl sites for hydroxylation is 1. The van der Waals surface area contributed by atoms with Crippen molar-refractivity contribution in [3.05, 3.63) is 35.0 Å². The Morgan fingerprint density at radius 2 is 1.96 bits per heavy atom. The number of methoxy groups -OCH3 is 3. The summed E-state index contributed by atoms with van der Waals surface area (Å²) in [5, 5.41) is 4.03. The molecule has 0 radical (unpaired) electrons. The predicted molar refractivity (Wildman–Crippen MR) is 96.3 cm³/mol. The van der Waals surface area contributed by atoms with Crippen molar-refractivity contribution in [2.24, 2.45) is 0 Å². The first-order valence-electron chi connectivity index (χ1n) is 7.40. The first-order chi connectivity index (χ1) is 12.1. The lowest BCUT2D eigenvalue weighted by Gasteiger charge is -2.12. The van der Waals surface area contributed by atoms with Crippen LogP contribution in [0, 0.1) is 6.92 Å². The van der Waals surface area contributed by atoms with Gasteiger partial charge in [-0.2, -0.15) is 0 Å². The van der Waals surface area contributed by atoms with Crippen molar-refractivity contribution in [2.75, 3.05) is 26.6 Å². The largest absolute Gasteiger partial charge is 0.497 e. The maximum absolute atomic E-state index is 11.9. The van der Waals surface area contributed by atoms with E-state index in [0.717, 1.165) is 16.6 Å². The summed E-state index contributed by atoms with van der Waals surface area (Å²) in [6, 6.07) is 5.44. The van der Waals surface area contributed by atoms with Gasteiger partial charge in [0.2, 0.25) is 0 Å². The Kier molecular flexibility index (Phi) is 4.71. The Morgan fingerprint density at radius 1 is 1.16 bits per heavy atom. The minimum absolute atomic E-state index is 0.381. The molecule has 130 valence electrons. The average Bonchev–Trinajstić information content (AvgIpc) is 2.99. The Labute approximate surface area is 148 Å². The Hall–Kier alpha value is -2.87. The van der Waals surface area contributed by atoms with Gasteiger partial charge in [0.1, 0.15) is 33.4 Å². The van der Waals surface area contributed by atoms with Crippen LogP contribution < -0.4 is 14.8 Å². The molecule has 0 amide bonds. The quantitative estimate of drug-likeness (QED) is 0.698. The van der Waals surface area contributed by atoms with Gasteiger partial charge in [-0.3, -0.25) is 0 Å². The molecule has 0 aliphatic rings. The van der Waals surface area contributed by atoms with E-state index in [4.69, 9.17) is 14.2 Å². The van der Waals surface area contributed by atoms with E-state index in [1.54, 1.807) is 20.3 Å². The Morgan fingerprint density at radius 3 is 2.64 bits per heavy atom. The second-order valence-corrected chi connectivity index (χ2v) is 6.14. The molecular formula is C17H17N3O4S. The van der Waals surface area contributed by atoms with Crippen LogP contribution in [0.4, 0.5) is 11.5 Å². The van der Waals surface area contributed by atoms with Gasteiger partial charge in [-0.25, -0.2) is 14.8 Å². The second-order valence-electron chi connectivity index (χ2n) is 5.14. The summed E-state index contributed by atoms with van der Waals surface area (Å²) in [6.07, 6.45) is 1.46. The van der Waals surface area contributed by atoms with Gasteiger partial charge in [0.15, 0.2) is 0 Å². The van der Waals surface area contributed by atoms with Crippen LogP contribution in [0.2, 0.25) is 0 Å². The van der Waals surface area contributed by atoms with E-state index >= 15 is 0 Å². The van der Waals surface area contributed by atoms with Gasteiger partial charge < -0.3 is 19.5 Å². The van der Waals surface area contributed by atoms with Crippen molar-refractivity contribution in [1.29, 1.82) is 0 Å². The molecule has 0 saturated heterocycles. The van der Waals surface area contributed by atoms with Crippen molar-refractivity contribution >= 4 is 39.0 Å². The van der Waals surface area contributed by atoms with Crippen molar-refractivity contribution in [3.63, 3.8) is 0 Å². The lowest BCUT2D eigenvalue weighted by atomic mass is 10.2. The molecule has 0 spiro atoms. The zero-order chi connectivity index (χ0) is 18.0. The maximum atomic E-state index is 11.9. The van der Waals surface area contributed by atoms with Gasteiger partial charge in [-0.1, -0.05) is 0 Å². The summed E-state index contributed by atoms with van der Waals surface area (Å²) < 4.78 is 15.5. The number of esters is 1. The summed E-state index contributed by atoms with van der Waals surface area (Å²) in [4.78, 5) is 21.7. The van der Waals surface area contributed by atoms with Crippen LogP contribution in [0.25, 0.3) is 10.2 Å². The molecular weight excluding hydrogens is 342 g/mol. The summed E-state index contributed by atoms with van der Waals surface area (Å²) >= 11 is 1.28. The number of nitrogens with one attached hydrogen (secondary N) is 1. The number of anilines is 2. The summed E-state index contributed by atoms with van der Waals surface area (Å²) in [7, 11) is 4.54. The molecule has 0 atom stereocenters. The molecule has 3 rings (SSSR count). The number of rotatable bonds is 5. The third kappa shape index (κ3) is 3.08. The lowest BCUT2D eigenvalue weighted by Crippen LogP contribution is -2.01. The van der Waals surface area contributed by atoms with Crippen LogP contribution in [0.1, 0.15) is 15.2 Å². The zero-order valence-corrected chi connectivity index (χ0v) is 15.1. The SMILES string of the molecule is COC(=O)c1sc2ncnc(Nc3ccc(OC)cc3OC)c2c1C. The smallest absolute Gasteiger partial charge is 0.348 e. The normalized spacial score (nSPS) is 10.6. The van der Waals surface area contributed by atoms with E-state index in [1.165, 1.54) is 24.8 Å². The van der Waals surface area contributed by atoms with Crippen LogP contribution in [-0.2, 0) is 4.74 Å². The van der Waals surface area contributed by atoms with Crippen molar-refractivity contribution < 1.29 is 19.0 Å². The monoisotopic (exact) mass is 359 g/mol. The Balaban J connectivity index is 2.08. The number of benzene rings is 1. The van der Waals surface area contributed by atoms with Gasteiger partial charge in [0, 0.05) is 6.07 Å². The number of thiophene rings is 1. The first-order valence-corrected chi connectivity index (χ1v) is 8.22. The molecule has 25 heavy (non-hydrogen) atoms. The van der Waals surface area contributed by atoms with Crippen molar-refractivity contribution in [1.82, 2.24) is 9.97 Å². The van der Waals surface area contributed by atoms with Crippen LogP contribution in [0.15, 0.2) is 24.5 Å². The van der Waals surface area contributed by atoms with E-state index in [1.807, 2.05) is 19.1 Å². The minimum atomic E-state index is -0.381. The zero-order valence-electron chi connectivity index (χ0n) is 14.2. The first kappa shape index (κ1) is 17.0. The lowest BCUT2D eigenvalue weighted by molar-refractivity contribution is 0.0605. The van der Waals surface area contributed by atoms with E-state index in [-0.39, 0.29) is 5.97 Å². The van der Waals surface area contributed by atoms with Crippen molar-refractivity contribution in [3.8, 4) is 11.5 Å². The molecule has 2 heterocycles. The van der Waals surface area contributed by atoms with E-state index < -0.39 is 0 Å². The van der Waals surface area contributed by atoms with Gasteiger partial charge >= 0.3 is 5.97 Å². The van der Waals surface area contributed by atoms with Crippen LogP contribution in [-0.4, -0.2) is 37.3 Å². The predicted octanol–water partition coefficient (Wildman–Crippen LogP) is 3.55. The Bertz CT molecular complexity index is 939. The number of fused-ring (bicyclic) bond motifs is 1. The molecule has 3 aromatic rings. The third-order valence-corrected chi connectivity index (χ3v) is 4.94. The minimum Gasteiger partial charge on any atom is -0.497 e. The topological polar surface area (TPSA) is 82.6 Å². The fourth-order valence-corrected chi connectivity index (χ4v) is 3.55. The number of nitrogens with zero attached hydrogens (tertiary/aromatic N) is 2. The molecule has 2 aromatic heterocycles. The maximum Gasteiger partial charge on any atom is 0.348 e. The molecule has 1 N–H and O–H groups in total. The molecule has 1 aromatic carbocycles. The van der Waals surface area contributed by atoms with E-state index in [2.05, 4.69) is 15.3 Å². The highest BCUT2D eigenvalue weighted by Gasteiger charge is 2.20.